The molecule has 3 rings (SSSR count). The monoisotopic (exact) mass is 459 g/mol. The summed E-state index contributed by atoms with van der Waals surface area (Å²) in [5, 5.41) is 27.5. The molecule has 10 nitrogen and oxygen atoms in total. The average Bonchev–Trinajstić information content (AvgIpc) is 3.10. The minimum atomic E-state index is -0.973. The fourth-order valence-electron chi connectivity index (χ4n) is 3.32. The number of benzene rings is 2. The van der Waals surface area contributed by atoms with Gasteiger partial charge in [0.25, 0.3) is 11.6 Å². The highest BCUT2D eigenvalue weighted by molar-refractivity contribution is 6.00. The number of ether oxygens (including phenoxy) is 1. The number of nitrogens with one attached hydrogen (secondary N) is 1. The highest BCUT2D eigenvalue weighted by Crippen LogP contribution is 2.25. The van der Waals surface area contributed by atoms with Crippen LogP contribution in [0.4, 0.5) is 11.4 Å². The van der Waals surface area contributed by atoms with Crippen molar-refractivity contribution in [1.82, 2.24) is 9.78 Å². The summed E-state index contributed by atoms with van der Waals surface area (Å²) in [5.41, 5.74) is 2.82. The molecule has 0 saturated heterocycles. The summed E-state index contributed by atoms with van der Waals surface area (Å²) in [4.78, 5) is 35.1. The Kier molecular flexibility index (Phi) is 7.18. The first kappa shape index (κ1) is 23.9. The van der Waals surface area contributed by atoms with Gasteiger partial charge in [0.2, 0.25) is 0 Å². The molecule has 0 saturated carbocycles. The number of hydrogen-bond acceptors (Lipinski definition) is 7. The zero-order valence-electron chi connectivity index (χ0n) is 18.7. The molecule has 2 aromatic carbocycles. The molecule has 1 aromatic heterocycles. The van der Waals surface area contributed by atoms with Gasteiger partial charge in [0.1, 0.15) is 11.6 Å². The maximum Gasteiger partial charge on any atom is 0.349 e. The van der Waals surface area contributed by atoms with E-state index in [4.69, 9.17) is 4.74 Å². The molecule has 0 atom stereocenters. The molecule has 0 unspecified atom stereocenters. The molecule has 0 fully saturated rings. The predicted octanol–water partition coefficient (Wildman–Crippen LogP) is 3.79. The Morgan fingerprint density at radius 2 is 1.88 bits per heavy atom. The van der Waals surface area contributed by atoms with Gasteiger partial charge < -0.3 is 10.1 Å². The molecule has 0 radical (unpaired) electrons. The van der Waals surface area contributed by atoms with Gasteiger partial charge >= 0.3 is 5.97 Å². The molecular weight excluding hydrogens is 438 g/mol. The minimum Gasteiger partial charge on any atom is -0.451 e. The molecular formula is C24H21N5O5. The van der Waals surface area contributed by atoms with Crippen molar-refractivity contribution in [3.8, 4) is 11.8 Å². The van der Waals surface area contributed by atoms with Crippen LogP contribution in [0.5, 0.6) is 0 Å². The number of nitriles is 1. The van der Waals surface area contributed by atoms with Crippen LogP contribution in [0.2, 0.25) is 0 Å². The van der Waals surface area contributed by atoms with Crippen molar-refractivity contribution in [2.75, 3.05) is 11.9 Å². The van der Waals surface area contributed by atoms with E-state index in [2.05, 4.69) is 10.4 Å². The lowest BCUT2D eigenvalue weighted by Crippen LogP contribution is -2.22. The number of hydrogen-bond donors (Lipinski definition) is 1. The summed E-state index contributed by atoms with van der Waals surface area (Å²) in [6.07, 6.45) is 1.38. The maximum atomic E-state index is 12.4. The number of amides is 1. The highest BCUT2D eigenvalue weighted by Gasteiger charge is 2.19. The number of nitro benzene ring substituents is 1. The Balaban J connectivity index is 1.72. The van der Waals surface area contributed by atoms with Crippen LogP contribution >= 0.6 is 0 Å². The first-order valence-electron chi connectivity index (χ1n) is 10.2. The van der Waals surface area contributed by atoms with Crippen LogP contribution in [0.3, 0.4) is 0 Å². The van der Waals surface area contributed by atoms with Crippen LogP contribution in [0, 0.1) is 42.2 Å². The Morgan fingerprint density at radius 3 is 2.53 bits per heavy atom. The van der Waals surface area contributed by atoms with Crippen LogP contribution in [0.25, 0.3) is 11.8 Å². The van der Waals surface area contributed by atoms with Crippen LogP contribution in [0.1, 0.15) is 22.5 Å². The van der Waals surface area contributed by atoms with Crippen molar-refractivity contribution >= 4 is 29.3 Å². The van der Waals surface area contributed by atoms with Crippen molar-refractivity contribution in [2.24, 2.45) is 0 Å². The van der Waals surface area contributed by atoms with Crippen LogP contribution < -0.4 is 5.32 Å². The number of nitrogens with zero attached hydrogens (tertiary/aromatic N) is 4. The summed E-state index contributed by atoms with van der Waals surface area (Å²) in [7, 11) is 0. The number of carbonyl (C=O) groups excluding carboxylic acids is 2. The van der Waals surface area contributed by atoms with Crippen molar-refractivity contribution < 1.29 is 19.2 Å². The molecule has 0 bridgehead atoms. The van der Waals surface area contributed by atoms with Gasteiger partial charge in [-0.15, -0.1) is 0 Å². The van der Waals surface area contributed by atoms with Crippen LogP contribution in [-0.2, 0) is 14.3 Å². The zero-order valence-corrected chi connectivity index (χ0v) is 18.7. The normalized spacial score (nSPS) is 10.9. The van der Waals surface area contributed by atoms with E-state index >= 15 is 0 Å². The lowest BCUT2D eigenvalue weighted by Gasteiger charge is -2.09. The number of aryl methyl sites for hydroxylation is 1. The second kappa shape index (κ2) is 10.2. The smallest absolute Gasteiger partial charge is 0.349 e. The van der Waals surface area contributed by atoms with Crippen LogP contribution in [0.15, 0.2) is 54.1 Å². The fourth-order valence-corrected chi connectivity index (χ4v) is 3.32. The molecule has 34 heavy (non-hydrogen) atoms. The van der Waals surface area contributed by atoms with Gasteiger partial charge in [-0.25, -0.2) is 9.48 Å². The maximum absolute atomic E-state index is 12.4. The second-order valence-electron chi connectivity index (χ2n) is 7.33. The first-order chi connectivity index (χ1) is 16.2. The van der Waals surface area contributed by atoms with Crippen LogP contribution in [-0.4, -0.2) is 33.2 Å². The van der Waals surface area contributed by atoms with E-state index in [1.807, 2.05) is 37.3 Å². The standard InChI is InChI=1S/C24H21N5O5/c1-15-21(10-7-11-22(15)29(32)33)26-23(30)14-34-24(31)18(13-25)12-20-16(2)27-28(17(20)3)19-8-5-4-6-9-19/h4-12H,14H2,1-3H3,(H,26,30)/b18-12-. The third-order valence-electron chi connectivity index (χ3n) is 5.09. The molecule has 1 heterocycles. The van der Waals surface area contributed by atoms with Crippen molar-refractivity contribution in [3.05, 3.63) is 86.7 Å². The van der Waals surface area contributed by atoms with E-state index < -0.39 is 23.4 Å². The summed E-state index contributed by atoms with van der Waals surface area (Å²) in [5.74, 6) is -1.67. The first-order valence-corrected chi connectivity index (χ1v) is 10.2. The minimum absolute atomic E-state index is 0.147. The third kappa shape index (κ3) is 5.16. The van der Waals surface area contributed by atoms with E-state index in [-0.39, 0.29) is 22.5 Å². The van der Waals surface area contributed by atoms with E-state index in [1.165, 1.54) is 31.2 Å². The van der Waals surface area contributed by atoms with Gasteiger partial charge in [-0.1, -0.05) is 24.3 Å². The number of esters is 1. The SMILES string of the molecule is Cc1nn(-c2ccccc2)c(C)c1/C=C(/C#N)C(=O)OCC(=O)Nc1cccc([N+](=O)[O-])c1C. The average molecular weight is 459 g/mol. The molecule has 3 aromatic rings. The second-order valence-corrected chi connectivity index (χ2v) is 7.33. The number of carbonyl (C=O) groups is 2. The van der Waals surface area contributed by atoms with Crippen molar-refractivity contribution in [3.63, 3.8) is 0 Å². The summed E-state index contributed by atoms with van der Waals surface area (Å²) in [6, 6.07) is 15.5. The number of anilines is 1. The summed E-state index contributed by atoms with van der Waals surface area (Å²) in [6.45, 7) is 4.40. The number of aromatic nitrogens is 2. The Bertz CT molecular complexity index is 1340. The van der Waals surface area contributed by atoms with E-state index in [0.717, 1.165) is 11.4 Å². The highest BCUT2D eigenvalue weighted by atomic mass is 16.6. The van der Waals surface area contributed by atoms with Gasteiger partial charge in [-0.3, -0.25) is 14.9 Å². The van der Waals surface area contributed by atoms with Crippen molar-refractivity contribution in [2.45, 2.75) is 20.8 Å². The topological polar surface area (TPSA) is 140 Å². The van der Waals surface area contributed by atoms with Gasteiger partial charge in [0.15, 0.2) is 6.61 Å². The summed E-state index contributed by atoms with van der Waals surface area (Å²) < 4.78 is 6.69. The molecule has 10 heteroatoms. The number of nitro groups is 1. The Morgan fingerprint density at radius 1 is 1.18 bits per heavy atom. The number of rotatable bonds is 7. The van der Waals surface area contributed by atoms with E-state index in [9.17, 15) is 25.0 Å². The van der Waals surface area contributed by atoms with E-state index in [0.29, 0.717) is 11.3 Å². The molecule has 172 valence electrons. The van der Waals surface area contributed by atoms with Gasteiger partial charge in [-0.2, -0.15) is 10.4 Å². The summed E-state index contributed by atoms with van der Waals surface area (Å²) >= 11 is 0. The lowest BCUT2D eigenvalue weighted by molar-refractivity contribution is -0.385. The largest absolute Gasteiger partial charge is 0.451 e. The molecule has 0 aliphatic heterocycles. The number of para-hydroxylation sites is 1. The molecule has 0 aliphatic rings. The van der Waals surface area contributed by atoms with E-state index in [1.54, 1.807) is 17.7 Å². The quantitative estimate of drug-likeness (QED) is 0.186. The molecule has 1 N–H and O–H groups in total. The third-order valence-corrected chi connectivity index (χ3v) is 5.09. The molecule has 0 aliphatic carbocycles. The molecule has 1 amide bonds. The predicted molar refractivity (Wildman–Crippen MR) is 124 cm³/mol. The Hall–Kier alpha value is -4.78. The van der Waals surface area contributed by atoms with Gasteiger partial charge in [0, 0.05) is 17.3 Å². The van der Waals surface area contributed by atoms with Crippen molar-refractivity contribution in [1.29, 1.82) is 5.26 Å². The Labute approximate surface area is 195 Å². The van der Waals surface area contributed by atoms with Gasteiger partial charge in [0.05, 0.1) is 27.6 Å². The van der Waals surface area contributed by atoms with Gasteiger partial charge in [-0.05, 0) is 45.0 Å². The molecule has 0 spiro atoms. The fraction of sp³-hybridized carbons (Fsp3) is 0.167. The lowest BCUT2D eigenvalue weighted by atomic mass is 10.1. The zero-order chi connectivity index (χ0) is 24.8.